The van der Waals surface area contributed by atoms with Gasteiger partial charge in [0.25, 0.3) is 0 Å². The fourth-order valence-corrected chi connectivity index (χ4v) is 1.18. The van der Waals surface area contributed by atoms with Crippen LogP contribution in [0, 0.1) is 0 Å². The van der Waals surface area contributed by atoms with Crippen LogP contribution in [0.2, 0.25) is 0 Å². The summed E-state index contributed by atoms with van der Waals surface area (Å²) in [6, 6.07) is 9.65. The number of benzene rings is 1. The molecule has 0 unspecified atom stereocenters. The van der Waals surface area contributed by atoms with Crippen molar-refractivity contribution in [1.29, 1.82) is 0 Å². The summed E-state index contributed by atoms with van der Waals surface area (Å²) in [5.74, 6) is 0. The van der Waals surface area contributed by atoms with Gasteiger partial charge >= 0.3 is 0 Å². The summed E-state index contributed by atoms with van der Waals surface area (Å²) < 4.78 is 12.4. The van der Waals surface area contributed by atoms with Crippen LogP contribution in [0.3, 0.4) is 0 Å². The summed E-state index contributed by atoms with van der Waals surface area (Å²) in [7, 11) is 0. The second-order valence-electron chi connectivity index (χ2n) is 2.75. The van der Waals surface area contributed by atoms with E-state index in [1.54, 1.807) is 0 Å². The highest BCUT2D eigenvalue weighted by Gasteiger charge is 1.98. The molecule has 1 heteroatoms. The molecule has 0 spiro atoms. The van der Waals surface area contributed by atoms with Crippen LogP contribution in [0.1, 0.15) is 25.3 Å². The van der Waals surface area contributed by atoms with Crippen molar-refractivity contribution in [3.8, 4) is 0 Å². The van der Waals surface area contributed by atoms with Crippen LogP contribution >= 0.6 is 0 Å². The van der Waals surface area contributed by atoms with E-state index in [1.165, 1.54) is 0 Å². The summed E-state index contributed by atoms with van der Waals surface area (Å²) in [4.78, 5) is 0. The topological polar surface area (TPSA) is 0 Å². The molecule has 1 rings (SSSR count). The van der Waals surface area contributed by atoms with Crippen molar-refractivity contribution in [2.45, 2.75) is 19.8 Å². The van der Waals surface area contributed by atoms with Gasteiger partial charge in [0.1, 0.15) is 0 Å². The molecule has 0 heterocycles. The van der Waals surface area contributed by atoms with Crippen molar-refractivity contribution in [1.82, 2.24) is 0 Å². The maximum absolute atomic E-state index is 12.4. The Morgan fingerprint density at radius 3 is 2.50 bits per heavy atom. The van der Waals surface area contributed by atoms with E-state index in [-0.39, 0.29) is 0 Å². The lowest BCUT2D eigenvalue weighted by Crippen LogP contribution is -1.81. The minimum absolute atomic E-state index is 0.707. The van der Waals surface area contributed by atoms with Crippen molar-refractivity contribution >= 4 is 5.57 Å². The molecule has 1 aromatic rings. The van der Waals surface area contributed by atoms with Crippen LogP contribution < -0.4 is 0 Å². The molecule has 0 atom stereocenters. The monoisotopic (exact) mass is 164 g/mol. The minimum Gasteiger partial charge on any atom is -0.215 e. The molecule has 0 aliphatic rings. The Morgan fingerprint density at radius 2 is 2.00 bits per heavy atom. The number of hydrogen-bond donors (Lipinski definition) is 0. The highest BCUT2D eigenvalue weighted by Crippen LogP contribution is 2.19. The van der Waals surface area contributed by atoms with E-state index in [9.17, 15) is 4.39 Å². The lowest BCUT2D eigenvalue weighted by molar-refractivity contribution is 0.717. The van der Waals surface area contributed by atoms with Gasteiger partial charge in [-0.05, 0) is 17.6 Å². The fraction of sp³-hybridized carbons (Fsp3) is 0.273. The molecule has 0 aliphatic carbocycles. The summed E-state index contributed by atoms with van der Waals surface area (Å²) in [5.41, 5.74) is 1.78. The van der Waals surface area contributed by atoms with Gasteiger partial charge in [-0.25, -0.2) is 4.39 Å². The fourth-order valence-electron chi connectivity index (χ4n) is 1.18. The Balaban J connectivity index is 2.82. The van der Waals surface area contributed by atoms with Gasteiger partial charge in [0.2, 0.25) is 0 Å². The first-order chi connectivity index (χ1) is 5.88. The van der Waals surface area contributed by atoms with Crippen LogP contribution in [0.4, 0.5) is 4.39 Å². The van der Waals surface area contributed by atoms with Gasteiger partial charge < -0.3 is 0 Å². The maximum atomic E-state index is 12.4. The Kier molecular flexibility index (Phi) is 3.52. The molecule has 0 fully saturated rings. The van der Waals surface area contributed by atoms with Crippen LogP contribution in [-0.2, 0) is 0 Å². The first-order valence-corrected chi connectivity index (χ1v) is 4.23. The quantitative estimate of drug-likeness (QED) is 0.637. The molecule has 0 nitrogen and oxygen atoms in total. The van der Waals surface area contributed by atoms with Crippen molar-refractivity contribution in [2.75, 3.05) is 0 Å². The zero-order valence-electron chi connectivity index (χ0n) is 7.26. The third-order valence-corrected chi connectivity index (χ3v) is 1.80. The molecule has 0 bridgehead atoms. The summed E-state index contributed by atoms with van der Waals surface area (Å²) in [6.45, 7) is 2.05. The largest absolute Gasteiger partial charge is 0.215 e. The van der Waals surface area contributed by atoms with Crippen LogP contribution in [-0.4, -0.2) is 0 Å². The number of allylic oxidation sites excluding steroid dienone is 1. The summed E-state index contributed by atoms with van der Waals surface area (Å²) in [5, 5.41) is 0. The predicted octanol–water partition coefficient (Wildman–Crippen LogP) is 3.80. The first-order valence-electron chi connectivity index (χ1n) is 4.23. The second kappa shape index (κ2) is 4.70. The van der Waals surface area contributed by atoms with Gasteiger partial charge in [-0.15, -0.1) is 0 Å². The average Bonchev–Trinajstić information content (AvgIpc) is 2.15. The molecule has 0 aromatic heterocycles. The van der Waals surface area contributed by atoms with E-state index >= 15 is 0 Å². The van der Waals surface area contributed by atoms with Crippen LogP contribution in [0.15, 0.2) is 36.7 Å². The third-order valence-electron chi connectivity index (χ3n) is 1.80. The molecule has 0 saturated heterocycles. The normalized spacial score (nSPS) is 11.7. The van der Waals surface area contributed by atoms with E-state index in [4.69, 9.17) is 0 Å². The van der Waals surface area contributed by atoms with E-state index < -0.39 is 0 Å². The average molecular weight is 164 g/mol. The van der Waals surface area contributed by atoms with Gasteiger partial charge in [-0.1, -0.05) is 43.7 Å². The molecule has 1 aromatic carbocycles. The predicted molar refractivity (Wildman–Crippen MR) is 50.4 cm³/mol. The lowest BCUT2D eigenvalue weighted by Gasteiger charge is -2.02. The zero-order valence-corrected chi connectivity index (χ0v) is 7.26. The van der Waals surface area contributed by atoms with Gasteiger partial charge in [0, 0.05) is 0 Å². The molecule has 0 radical (unpaired) electrons. The maximum Gasteiger partial charge on any atom is 0.0904 e. The first kappa shape index (κ1) is 8.98. The van der Waals surface area contributed by atoms with Crippen molar-refractivity contribution in [2.24, 2.45) is 0 Å². The van der Waals surface area contributed by atoms with Gasteiger partial charge in [-0.2, -0.15) is 0 Å². The smallest absolute Gasteiger partial charge is 0.0904 e. The highest BCUT2D eigenvalue weighted by atomic mass is 19.1. The number of halogens is 1. The van der Waals surface area contributed by atoms with E-state index in [2.05, 4.69) is 0 Å². The Morgan fingerprint density at radius 1 is 1.33 bits per heavy atom. The molecular weight excluding hydrogens is 151 g/mol. The SMILES string of the molecule is CCC/C(=C\F)c1ccccc1. The summed E-state index contributed by atoms with van der Waals surface area (Å²) in [6.07, 6.45) is 2.49. The van der Waals surface area contributed by atoms with Crippen molar-refractivity contribution in [3.63, 3.8) is 0 Å². The van der Waals surface area contributed by atoms with Crippen molar-refractivity contribution < 1.29 is 4.39 Å². The second-order valence-corrected chi connectivity index (χ2v) is 2.75. The molecule has 64 valence electrons. The van der Waals surface area contributed by atoms with E-state index in [0.717, 1.165) is 24.0 Å². The Bertz CT molecular complexity index is 249. The van der Waals surface area contributed by atoms with Gasteiger partial charge in [0.05, 0.1) is 6.33 Å². The van der Waals surface area contributed by atoms with E-state index in [1.807, 2.05) is 37.3 Å². The standard InChI is InChI=1S/C11H13F/c1-2-6-11(9-12)10-7-4-3-5-8-10/h3-5,7-9H,2,6H2,1H3/b11-9+. The lowest BCUT2D eigenvalue weighted by atomic mass is 10.0. The molecule has 12 heavy (non-hydrogen) atoms. The van der Waals surface area contributed by atoms with Crippen LogP contribution in [0.5, 0.6) is 0 Å². The van der Waals surface area contributed by atoms with Crippen LogP contribution in [0.25, 0.3) is 5.57 Å². The summed E-state index contributed by atoms with van der Waals surface area (Å²) >= 11 is 0. The molecule has 0 amide bonds. The Labute approximate surface area is 72.7 Å². The highest BCUT2D eigenvalue weighted by molar-refractivity contribution is 5.64. The van der Waals surface area contributed by atoms with Gasteiger partial charge in [-0.3, -0.25) is 0 Å². The Hall–Kier alpha value is -1.11. The molecule has 0 saturated carbocycles. The molecular formula is C11H13F. The zero-order chi connectivity index (χ0) is 8.81. The number of hydrogen-bond acceptors (Lipinski definition) is 0. The minimum atomic E-state index is 0.707. The van der Waals surface area contributed by atoms with Gasteiger partial charge in [0.15, 0.2) is 0 Å². The van der Waals surface area contributed by atoms with E-state index in [0.29, 0.717) is 6.33 Å². The molecule has 0 N–H and O–H groups in total. The molecule has 0 aliphatic heterocycles. The number of rotatable bonds is 3. The third kappa shape index (κ3) is 2.19. The van der Waals surface area contributed by atoms with Crippen molar-refractivity contribution in [3.05, 3.63) is 42.2 Å².